The van der Waals surface area contributed by atoms with Crippen LogP contribution in [-0.4, -0.2) is 35.6 Å². The van der Waals surface area contributed by atoms with Crippen LogP contribution < -0.4 is 10.2 Å². The van der Waals surface area contributed by atoms with Crippen LogP contribution in [0.1, 0.15) is 19.4 Å². The Kier molecular flexibility index (Phi) is 3.94. The van der Waals surface area contributed by atoms with Crippen molar-refractivity contribution in [3.63, 3.8) is 0 Å². The van der Waals surface area contributed by atoms with E-state index in [1.54, 1.807) is 0 Å². The lowest BCUT2D eigenvalue weighted by molar-refractivity contribution is 0.643. The van der Waals surface area contributed by atoms with Crippen LogP contribution in [0.15, 0.2) is 18.5 Å². The van der Waals surface area contributed by atoms with Crippen molar-refractivity contribution in [2.75, 3.05) is 30.8 Å². The normalized spacial score (nSPS) is 19.4. The predicted molar refractivity (Wildman–Crippen MR) is 75.8 cm³/mol. The van der Waals surface area contributed by atoms with Crippen molar-refractivity contribution in [1.29, 1.82) is 0 Å². The Labute approximate surface area is 108 Å². The third-order valence-electron chi connectivity index (χ3n) is 3.02. The van der Waals surface area contributed by atoms with Gasteiger partial charge in [-0.1, -0.05) is 0 Å². The minimum atomic E-state index is 0.338. The molecule has 1 aliphatic heterocycles. The molecule has 0 unspecified atom stereocenters. The molecule has 0 aliphatic carbocycles. The lowest BCUT2D eigenvalue weighted by Crippen LogP contribution is -2.43. The molecule has 0 atom stereocenters. The number of thioether (sulfide) groups is 1. The molecule has 17 heavy (non-hydrogen) atoms. The van der Waals surface area contributed by atoms with Gasteiger partial charge in [-0.25, -0.2) is 0 Å². The molecule has 0 bridgehead atoms. The summed E-state index contributed by atoms with van der Waals surface area (Å²) in [6, 6.07) is 2.11. The van der Waals surface area contributed by atoms with E-state index in [9.17, 15) is 0 Å². The molecule has 94 valence electrons. The highest BCUT2D eigenvalue weighted by Gasteiger charge is 2.28. The summed E-state index contributed by atoms with van der Waals surface area (Å²) < 4.78 is 0.338. The maximum atomic E-state index is 4.27. The van der Waals surface area contributed by atoms with Gasteiger partial charge in [0.1, 0.15) is 0 Å². The molecule has 0 saturated carbocycles. The first-order chi connectivity index (χ1) is 8.12. The van der Waals surface area contributed by atoms with Crippen molar-refractivity contribution in [3.05, 3.63) is 24.0 Å². The van der Waals surface area contributed by atoms with E-state index in [-0.39, 0.29) is 0 Å². The quantitative estimate of drug-likeness (QED) is 0.891. The summed E-state index contributed by atoms with van der Waals surface area (Å²) in [5.41, 5.74) is 2.63. The van der Waals surface area contributed by atoms with Gasteiger partial charge in [0.15, 0.2) is 0 Å². The van der Waals surface area contributed by atoms with Gasteiger partial charge in [0.2, 0.25) is 0 Å². The first kappa shape index (κ1) is 12.7. The molecule has 0 amide bonds. The standard InChI is InChI=1S/C13H21N3S/c1-13(2)10-16(6-7-17-13)12-9-15-5-4-11(12)8-14-3/h4-5,9,14H,6-8,10H2,1-3H3. The van der Waals surface area contributed by atoms with Crippen LogP contribution in [-0.2, 0) is 6.54 Å². The highest BCUT2D eigenvalue weighted by atomic mass is 32.2. The molecule has 2 rings (SSSR count). The van der Waals surface area contributed by atoms with Crippen LogP contribution in [0.4, 0.5) is 5.69 Å². The van der Waals surface area contributed by atoms with Crippen LogP contribution >= 0.6 is 11.8 Å². The van der Waals surface area contributed by atoms with E-state index in [1.807, 2.05) is 19.4 Å². The van der Waals surface area contributed by atoms with Gasteiger partial charge in [-0.05, 0) is 32.5 Å². The first-order valence-corrected chi connectivity index (χ1v) is 7.07. The van der Waals surface area contributed by atoms with Crippen molar-refractivity contribution in [1.82, 2.24) is 10.3 Å². The van der Waals surface area contributed by atoms with Crippen molar-refractivity contribution < 1.29 is 0 Å². The van der Waals surface area contributed by atoms with Crippen molar-refractivity contribution in [3.8, 4) is 0 Å². The van der Waals surface area contributed by atoms with E-state index >= 15 is 0 Å². The predicted octanol–water partition coefficient (Wildman–Crippen LogP) is 2.13. The van der Waals surface area contributed by atoms with E-state index in [1.165, 1.54) is 17.0 Å². The highest BCUT2D eigenvalue weighted by molar-refractivity contribution is 8.00. The summed E-state index contributed by atoms with van der Waals surface area (Å²) in [6.07, 6.45) is 3.87. The fourth-order valence-corrected chi connectivity index (χ4v) is 3.37. The molecule has 0 aromatic carbocycles. The number of anilines is 1. The minimum absolute atomic E-state index is 0.338. The smallest absolute Gasteiger partial charge is 0.0599 e. The number of hydrogen-bond donors (Lipinski definition) is 1. The van der Waals surface area contributed by atoms with Crippen molar-refractivity contribution in [2.24, 2.45) is 0 Å². The molecule has 2 heterocycles. The molecule has 1 aromatic rings. The van der Waals surface area contributed by atoms with Gasteiger partial charge in [0.05, 0.1) is 11.9 Å². The zero-order chi connectivity index (χ0) is 12.3. The zero-order valence-corrected chi connectivity index (χ0v) is 11.7. The number of nitrogens with one attached hydrogen (secondary N) is 1. The van der Waals surface area contributed by atoms with Gasteiger partial charge in [0, 0.05) is 36.3 Å². The fraction of sp³-hybridized carbons (Fsp3) is 0.615. The van der Waals surface area contributed by atoms with E-state index in [4.69, 9.17) is 0 Å². The second kappa shape index (κ2) is 5.27. The second-order valence-corrected chi connectivity index (χ2v) is 6.87. The van der Waals surface area contributed by atoms with Crippen LogP contribution in [0.25, 0.3) is 0 Å². The van der Waals surface area contributed by atoms with E-state index in [0.717, 1.165) is 19.6 Å². The van der Waals surface area contributed by atoms with Crippen LogP contribution in [0.2, 0.25) is 0 Å². The summed E-state index contributed by atoms with van der Waals surface area (Å²) in [5, 5.41) is 3.22. The van der Waals surface area contributed by atoms with Gasteiger partial charge >= 0.3 is 0 Å². The van der Waals surface area contributed by atoms with Gasteiger partial charge in [-0.2, -0.15) is 11.8 Å². The minimum Gasteiger partial charge on any atom is -0.368 e. The highest BCUT2D eigenvalue weighted by Crippen LogP contribution is 2.33. The average Bonchev–Trinajstić information content (AvgIpc) is 2.29. The molecule has 1 fully saturated rings. The van der Waals surface area contributed by atoms with Gasteiger partial charge in [-0.15, -0.1) is 0 Å². The lowest BCUT2D eigenvalue weighted by Gasteiger charge is -2.39. The van der Waals surface area contributed by atoms with Gasteiger partial charge < -0.3 is 10.2 Å². The zero-order valence-electron chi connectivity index (χ0n) is 10.9. The Morgan fingerprint density at radius 2 is 2.35 bits per heavy atom. The van der Waals surface area contributed by atoms with E-state index in [2.05, 4.69) is 46.9 Å². The maximum Gasteiger partial charge on any atom is 0.0599 e. The number of nitrogens with zero attached hydrogens (tertiary/aromatic N) is 2. The first-order valence-electron chi connectivity index (χ1n) is 6.09. The van der Waals surface area contributed by atoms with Crippen molar-refractivity contribution >= 4 is 17.4 Å². The van der Waals surface area contributed by atoms with Crippen LogP contribution in [0, 0.1) is 0 Å². The summed E-state index contributed by atoms with van der Waals surface area (Å²) in [6.45, 7) is 7.76. The topological polar surface area (TPSA) is 28.2 Å². The summed E-state index contributed by atoms with van der Waals surface area (Å²) in [4.78, 5) is 6.74. The Morgan fingerprint density at radius 3 is 3.06 bits per heavy atom. The lowest BCUT2D eigenvalue weighted by atomic mass is 10.1. The van der Waals surface area contributed by atoms with E-state index in [0.29, 0.717) is 4.75 Å². The SMILES string of the molecule is CNCc1ccncc1N1CCSC(C)(C)C1. The third-order valence-corrected chi connectivity index (χ3v) is 4.32. The number of pyridine rings is 1. The molecule has 1 aliphatic rings. The molecule has 3 nitrogen and oxygen atoms in total. The molecule has 0 radical (unpaired) electrons. The van der Waals surface area contributed by atoms with E-state index < -0.39 is 0 Å². The van der Waals surface area contributed by atoms with Crippen LogP contribution in [0.3, 0.4) is 0 Å². The Morgan fingerprint density at radius 1 is 1.53 bits per heavy atom. The fourth-order valence-electron chi connectivity index (χ4n) is 2.26. The summed E-state index contributed by atoms with van der Waals surface area (Å²) >= 11 is 2.06. The van der Waals surface area contributed by atoms with Crippen molar-refractivity contribution in [2.45, 2.75) is 25.1 Å². The molecule has 4 heteroatoms. The second-order valence-electron chi connectivity index (χ2n) is 5.06. The number of hydrogen-bond acceptors (Lipinski definition) is 4. The molecular formula is C13H21N3S. The molecule has 1 aromatic heterocycles. The monoisotopic (exact) mass is 251 g/mol. The summed E-state index contributed by atoms with van der Waals surface area (Å²) in [5.74, 6) is 1.20. The van der Waals surface area contributed by atoms with Gasteiger partial charge in [0.25, 0.3) is 0 Å². The molecule has 1 N–H and O–H groups in total. The molecule has 0 spiro atoms. The average molecular weight is 251 g/mol. The Hall–Kier alpha value is -0.740. The summed E-state index contributed by atoms with van der Waals surface area (Å²) in [7, 11) is 1.99. The Balaban J connectivity index is 2.21. The number of rotatable bonds is 3. The van der Waals surface area contributed by atoms with Crippen LogP contribution in [0.5, 0.6) is 0 Å². The Bertz CT molecular complexity index is 379. The number of aromatic nitrogens is 1. The maximum absolute atomic E-state index is 4.27. The molecular weight excluding hydrogens is 230 g/mol. The molecule has 1 saturated heterocycles. The van der Waals surface area contributed by atoms with Gasteiger partial charge in [-0.3, -0.25) is 4.98 Å². The third kappa shape index (κ3) is 3.13. The largest absolute Gasteiger partial charge is 0.368 e.